The van der Waals surface area contributed by atoms with E-state index >= 15 is 0 Å². The van der Waals surface area contributed by atoms with Gasteiger partial charge in [0.15, 0.2) is 0 Å². The molecule has 0 atom stereocenters. The van der Waals surface area contributed by atoms with E-state index in [1.165, 1.54) is 23.0 Å². The van der Waals surface area contributed by atoms with E-state index in [0.717, 1.165) is 0 Å². The van der Waals surface area contributed by atoms with Gasteiger partial charge in [0.2, 0.25) is 0 Å². The Morgan fingerprint density at radius 3 is 2.67 bits per heavy atom. The van der Waals surface area contributed by atoms with Crippen LogP contribution in [0.4, 0.5) is 5.82 Å². The van der Waals surface area contributed by atoms with Gasteiger partial charge in [-0.3, -0.25) is 9.59 Å². The largest absolute Gasteiger partial charge is 0.456 e. The number of pyridine rings is 3. The molecule has 0 aromatic carbocycles. The standard InChI is InChI=1S/C19H17ClN4O3/c1-12(2)24-9-3-4-15(19(24)26)18(25)23-17-6-5-14(11-22-17)27-13-7-8-21-16(20)10-13/h3-12H,1-2H3,(H,22,23,25). The number of carbonyl (C=O) groups excluding carboxylic acids is 1. The Hall–Kier alpha value is -3.19. The van der Waals surface area contributed by atoms with Crippen molar-refractivity contribution in [3.8, 4) is 11.5 Å². The zero-order chi connectivity index (χ0) is 19.4. The summed E-state index contributed by atoms with van der Waals surface area (Å²) in [5, 5.41) is 2.93. The van der Waals surface area contributed by atoms with Crippen LogP contribution in [0.15, 0.2) is 59.8 Å². The zero-order valence-electron chi connectivity index (χ0n) is 14.7. The summed E-state index contributed by atoms with van der Waals surface area (Å²) in [5.74, 6) is 0.779. The highest BCUT2D eigenvalue weighted by Crippen LogP contribution is 2.23. The van der Waals surface area contributed by atoms with Crippen molar-refractivity contribution in [2.24, 2.45) is 0 Å². The molecular formula is C19H17ClN4O3. The number of hydrogen-bond donors (Lipinski definition) is 1. The summed E-state index contributed by atoms with van der Waals surface area (Å²) in [7, 11) is 0. The monoisotopic (exact) mass is 384 g/mol. The third-order valence-electron chi connectivity index (χ3n) is 3.69. The molecule has 0 aliphatic heterocycles. The molecule has 27 heavy (non-hydrogen) atoms. The minimum atomic E-state index is -0.517. The van der Waals surface area contributed by atoms with Crippen molar-refractivity contribution in [3.63, 3.8) is 0 Å². The molecule has 3 heterocycles. The minimum Gasteiger partial charge on any atom is -0.456 e. The fourth-order valence-electron chi connectivity index (χ4n) is 2.37. The van der Waals surface area contributed by atoms with Crippen LogP contribution in [0, 0.1) is 0 Å². The molecule has 7 nitrogen and oxygen atoms in total. The second-order valence-corrected chi connectivity index (χ2v) is 6.36. The lowest BCUT2D eigenvalue weighted by Gasteiger charge is -2.11. The second-order valence-electron chi connectivity index (χ2n) is 5.98. The van der Waals surface area contributed by atoms with E-state index in [2.05, 4.69) is 15.3 Å². The molecule has 0 aliphatic carbocycles. The molecule has 1 amide bonds. The van der Waals surface area contributed by atoms with Crippen LogP contribution in [-0.2, 0) is 0 Å². The van der Waals surface area contributed by atoms with Crippen LogP contribution in [0.2, 0.25) is 5.15 Å². The number of aromatic nitrogens is 3. The van der Waals surface area contributed by atoms with Crippen LogP contribution in [-0.4, -0.2) is 20.4 Å². The first kappa shape index (κ1) is 18.6. The number of amides is 1. The van der Waals surface area contributed by atoms with Crippen molar-refractivity contribution in [2.45, 2.75) is 19.9 Å². The number of halogens is 1. The molecule has 1 N–H and O–H groups in total. The Labute approximate surface area is 160 Å². The predicted octanol–water partition coefficient (Wildman–Crippen LogP) is 3.92. The lowest BCUT2D eigenvalue weighted by Crippen LogP contribution is -2.29. The maximum Gasteiger partial charge on any atom is 0.263 e. The molecule has 138 valence electrons. The first-order chi connectivity index (χ1) is 12.9. The Morgan fingerprint density at radius 1 is 1.19 bits per heavy atom. The summed E-state index contributed by atoms with van der Waals surface area (Å²) >= 11 is 5.81. The summed E-state index contributed by atoms with van der Waals surface area (Å²) in [4.78, 5) is 32.8. The van der Waals surface area contributed by atoms with Crippen LogP contribution in [0.3, 0.4) is 0 Å². The van der Waals surface area contributed by atoms with E-state index in [0.29, 0.717) is 22.5 Å². The Balaban J connectivity index is 1.72. The lowest BCUT2D eigenvalue weighted by molar-refractivity contribution is 0.102. The number of rotatable bonds is 5. The maximum absolute atomic E-state index is 12.4. The number of anilines is 1. The van der Waals surface area contributed by atoms with Gasteiger partial charge in [0.05, 0.1) is 6.20 Å². The topological polar surface area (TPSA) is 86.1 Å². The van der Waals surface area contributed by atoms with Crippen LogP contribution in [0.1, 0.15) is 30.2 Å². The van der Waals surface area contributed by atoms with Gasteiger partial charge in [-0.25, -0.2) is 9.97 Å². The molecule has 0 fully saturated rings. The lowest BCUT2D eigenvalue weighted by atomic mass is 10.2. The van der Waals surface area contributed by atoms with Crippen LogP contribution in [0.25, 0.3) is 0 Å². The first-order valence-electron chi connectivity index (χ1n) is 8.22. The normalized spacial score (nSPS) is 10.7. The van der Waals surface area contributed by atoms with E-state index in [1.54, 1.807) is 36.5 Å². The predicted molar refractivity (Wildman–Crippen MR) is 103 cm³/mol. The van der Waals surface area contributed by atoms with Gasteiger partial charge in [-0.05, 0) is 44.2 Å². The van der Waals surface area contributed by atoms with Gasteiger partial charge in [-0.1, -0.05) is 11.6 Å². The van der Waals surface area contributed by atoms with Crippen molar-refractivity contribution in [1.29, 1.82) is 0 Å². The summed E-state index contributed by atoms with van der Waals surface area (Å²) in [6.45, 7) is 3.75. The molecular weight excluding hydrogens is 368 g/mol. The fourth-order valence-corrected chi connectivity index (χ4v) is 2.54. The average molecular weight is 385 g/mol. The number of nitrogens with zero attached hydrogens (tertiary/aromatic N) is 3. The van der Waals surface area contributed by atoms with Crippen LogP contribution >= 0.6 is 11.6 Å². The number of hydrogen-bond acceptors (Lipinski definition) is 5. The summed E-state index contributed by atoms with van der Waals surface area (Å²) in [6.07, 6.45) is 4.64. The highest BCUT2D eigenvalue weighted by molar-refractivity contribution is 6.29. The fraction of sp³-hybridized carbons (Fsp3) is 0.158. The third-order valence-corrected chi connectivity index (χ3v) is 3.89. The van der Waals surface area contributed by atoms with E-state index in [-0.39, 0.29) is 17.2 Å². The van der Waals surface area contributed by atoms with E-state index in [4.69, 9.17) is 16.3 Å². The number of carbonyl (C=O) groups is 1. The van der Waals surface area contributed by atoms with Gasteiger partial charge in [-0.2, -0.15) is 0 Å². The molecule has 0 saturated carbocycles. The molecule has 3 aromatic rings. The van der Waals surface area contributed by atoms with Gasteiger partial charge in [0.25, 0.3) is 11.5 Å². The Morgan fingerprint density at radius 2 is 2.00 bits per heavy atom. The molecule has 0 bridgehead atoms. The van der Waals surface area contributed by atoms with Crippen molar-refractivity contribution >= 4 is 23.3 Å². The van der Waals surface area contributed by atoms with E-state index in [1.807, 2.05) is 13.8 Å². The highest BCUT2D eigenvalue weighted by atomic mass is 35.5. The Bertz CT molecular complexity index is 1020. The van der Waals surface area contributed by atoms with Crippen molar-refractivity contribution in [3.05, 3.63) is 76.1 Å². The summed E-state index contributed by atoms with van der Waals surface area (Å²) < 4.78 is 7.11. The van der Waals surface area contributed by atoms with E-state index < -0.39 is 5.91 Å². The molecule has 3 aromatic heterocycles. The molecule has 0 radical (unpaired) electrons. The average Bonchev–Trinajstić information content (AvgIpc) is 2.63. The summed E-state index contributed by atoms with van der Waals surface area (Å²) in [6, 6.07) is 9.58. The van der Waals surface area contributed by atoms with E-state index in [9.17, 15) is 9.59 Å². The molecule has 0 spiro atoms. The highest BCUT2D eigenvalue weighted by Gasteiger charge is 2.14. The summed E-state index contributed by atoms with van der Waals surface area (Å²) in [5.41, 5.74) is -0.292. The van der Waals surface area contributed by atoms with Gasteiger partial charge in [0.1, 0.15) is 28.0 Å². The van der Waals surface area contributed by atoms with Gasteiger partial charge >= 0.3 is 0 Å². The van der Waals surface area contributed by atoms with Crippen molar-refractivity contribution in [2.75, 3.05) is 5.32 Å². The first-order valence-corrected chi connectivity index (χ1v) is 8.60. The van der Waals surface area contributed by atoms with Crippen LogP contribution < -0.4 is 15.6 Å². The van der Waals surface area contributed by atoms with Crippen LogP contribution in [0.5, 0.6) is 11.5 Å². The molecule has 0 unspecified atom stereocenters. The van der Waals surface area contributed by atoms with Gasteiger partial charge in [0, 0.05) is 24.5 Å². The molecule has 3 rings (SSSR count). The number of nitrogens with one attached hydrogen (secondary N) is 1. The second kappa shape index (κ2) is 8.01. The smallest absolute Gasteiger partial charge is 0.263 e. The Kier molecular flexibility index (Phi) is 5.52. The quantitative estimate of drug-likeness (QED) is 0.674. The van der Waals surface area contributed by atoms with Crippen molar-refractivity contribution in [1.82, 2.24) is 14.5 Å². The SMILES string of the molecule is CC(C)n1cccc(C(=O)Nc2ccc(Oc3ccnc(Cl)c3)cn2)c1=O. The number of ether oxygens (including phenoxy) is 1. The molecule has 0 aliphatic rings. The zero-order valence-corrected chi connectivity index (χ0v) is 15.5. The van der Waals surface area contributed by atoms with Crippen molar-refractivity contribution < 1.29 is 9.53 Å². The molecule has 8 heteroatoms. The maximum atomic E-state index is 12.4. The third kappa shape index (κ3) is 4.51. The minimum absolute atomic E-state index is 0.0403. The molecule has 0 saturated heterocycles. The van der Waals surface area contributed by atoms with Gasteiger partial charge < -0.3 is 14.6 Å². The van der Waals surface area contributed by atoms with Gasteiger partial charge in [-0.15, -0.1) is 0 Å².